The molecule has 0 radical (unpaired) electrons. The fraction of sp³-hybridized carbons (Fsp3) is 0.167. The summed E-state index contributed by atoms with van der Waals surface area (Å²) in [4.78, 5) is 17.5. The largest absolute Gasteiger partial charge is 0.347 e. The van der Waals surface area contributed by atoms with E-state index in [2.05, 4.69) is 10.3 Å². The number of nitrogens with zero attached hydrogens (tertiary/aromatic N) is 1. The van der Waals surface area contributed by atoms with Crippen molar-refractivity contribution in [2.45, 2.75) is 13.5 Å². The van der Waals surface area contributed by atoms with E-state index in [0.717, 1.165) is 15.3 Å². The highest BCUT2D eigenvalue weighted by molar-refractivity contribution is 7.13. The van der Waals surface area contributed by atoms with Crippen molar-refractivity contribution < 1.29 is 4.79 Å². The Morgan fingerprint density at radius 3 is 2.69 bits per heavy atom. The van der Waals surface area contributed by atoms with Crippen LogP contribution in [0.2, 0.25) is 0 Å². The summed E-state index contributed by atoms with van der Waals surface area (Å²) in [6.45, 7) is 2.53. The van der Waals surface area contributed by atoms with Gasteiger partial charge in [-0.25, -0.2) is 0 Å². The molecule has 0 aliphatic rings. The van der Waals surface area contributed by atoms with Crippen molar-refractivity contribution in [3.05, 3.63) is 52.0 Å². The first-order valence-electron chi connectivity index (χ1n) is 4.99. The highest BCUT2D eigenvalue weighted by Crippen LogP contribution is 2.14. The van der Waals surface area contributed by atoms with Gasteiger partial charge in [0.25, 0.3) is 5.91 Å². The van der Waals surface area contributed by atoms with Gasteiger partial charge in [0.2, 0.25) is 0 Å². The zero-order chi connectivity index (χ0) is 11.4. The van der Waals surface area contributed by atoms with Crippen LogP contribution in [0.15, 0.2) is 36.7 Å². The number of amides is 1. The van der Waals surface area contributed by atoms with E-state index in [1.807, 2.05) is 31.2 Å². The summed E-state index contributed by atoms with van der Waals surface area (Å²) in [5.41, 5.74) is 1.05. The number of rotatable bonds is 3. The second-order valence-corrected chi connectivity index (χ2v) is 4.74. The molecule has 2 rings (SSSR count). The summed E-state index contributed by atoms with van der Waals surface area (Å²) in [6, 6.07) is 7.58. The van der Waals surface area contributed by atoms with Gasteiger partial charge in [0.15, 0.2) is 0 Å². The predicted molar refractivity (Wildman–Crippen MR) is 64.5 cm³/mol. The molecule has 0 bridgehead atoms. The van der Waals surface area contributed by atoms with Gasteiger partial charge in [-0.2, -0.15) is 0 Å². The van der Waals surface area contributed by atoms with E-state index in [1.165, 1.54) is 11.3 Å². The van der Waals surface area contributed by atoms with Crippen molar-refractivity contribution in [2.24, 2.45) is 0 Å². The summed E-state index contributed by atoms with van der Waals surface area (Å²) < 4.78 is 0. The monoisotopic (exact) mass is 232 g/mol. The molecule has 1 N–H and O–H groups in total. The van der Waals surface area contributed by atoms with Crippen LogP contribution in [-0.2, 0) is 6.54 Å². The number of hydrogen-bond donors (Lipinski definition) is 1. The molecule has 0 aliphatic carbocycles. The minimum Gasteiger partial charge on any atom is -0.347 e. The standard InChI is InChI=1S/C12H12N2OS/c1-9-2-3-11(16-9)12(15)14-8-10-4-6-13-7-5-10/h2-7H,8H2,1H3,(H,14,15). The number of aryl methyl sites for hydroxylation is 1. The predicted octanol–water partition coefficient (Wildman–Crippen LogP) is 2.38. The van der Waals surface area contributed by atoms with Crippen molar-refractivity contribution in [2.75, 3.05) is 0 Å². The number of aromatic nitrogens is 1. The molecular weight excluding hydrogens is 220 g/mol. The quantitative estimate of drug-likeness (QED) is 0.882. The second-order valence-electron chi connectivity index (χ2n) is 3.45. The lowest BCUT2D eigenvalue weighted by Crippen LogP contribution is -2.21. The molecule has 3 nitrogen and oxygen atoms in total. The van der Waals surface area contributed by atoms with E-state index in [9.17, 15) is 4.79 Å². The Kier molecular flexibility index (Phi) is 3.31. The third-order valence-electron chi connectivity index (χ3n) is 2.17. The van der Waals surface area contributed by atoms with Crippen LogP contribution in [0.4, 0.5) is 0 Å². The zero-order valence-electron chi connectivity index (χ0n) is 8.93. The van der Waals surface area contributed by atoms with Crippen LogP contribution >= 0.6 is 11.3 Å². The second kappa shape index (κ2) is 4.90. The van der Waals surface area contributed by atoms with Gasteiger partial charge < -0.3 is 5.32 Å². The minimum atomic E-state index is -0.0186. The third kappa shape index (κ3) is 2.67. The molecule has 0 saturated carbocycles. The van der Waals surface area contributed by atoms with Gasteiger partial charge in [-0.3, -0.25) is 9.78 Å². The zero-order valence-corrected chi connectivity index (χ0v) is 9.75. The van der Waals surface area contributed by atoms with Gasteiger partial charge in [-0.1, -0.05) is 0 Å². The van der Waals surface area contributed by atoms with Crippen LogP contribution in [0.25, 0.3) is 0 Å². The molecule has 0 aliphatic heterocycles. The Hall–Kier alpha value is -1.68. The first-order chi connectivity index (χ1) is 7.75. The minimum absolute atomic E-state index is 0.0186. The molecular formula is C12H12N2OS. The van der Waals surface area contributed by atoms with E-state index in [0.29, 0.717) is 6.54 Å². The van der Waals surface area contributed by atoms with Crippen LogP contribution in [0.1, 0.15) is 20.1 Å². The number of thiophene rings is 1. The number of hydrogen-bond acceptors (Lipinski definition) is 3. The van der Waals surface area contributed by atoms with Crippen molar-refractivity contribution in [3.8, 4) is 0 Å². The van der Waals surface area contributed by atoms with E-state index < -0.39 is 0 Å². The van der Waals surface area contributed by atoms with E-state index in [4.69, 9.17) is 0 Å². The van der Waals surface area contributed by atoms with Crippen LogP contribution in [-0.4, -0.2) is 10.9 Å². The fourth-order valence-corrected chi connectivity index (χ4v) is 2.11. The Morgan fingerprint density at radius 1 is 1.31 bits per heavy atom. The summed E-state index contributed by atoms with van der Waals surface area (Å²) in [6.07, 6.45) is 3.44. The highest BCUT2D eigenvalue weighted by Gasteiger charge is 2.06. The lowest BCUT2D eigenvalue weighted by molar-refractivity contribution is 0.0955. The molecule has 82 valence electrons. The molecule has 0 spiro atoms. The molecule has 0 atom stereocenters. The van der Waals surface area contributed by atoms with Gasteiger partial charge >= 0.3 is 0 Å². The maximum absolute atomic E-state index is 11.7. The molecule has 2 aromatic rings. The summed E-state index contributed by atoms with van der Waals surface area (Å²) in [7, 11) is 0. The number of carbonyl (C=O) groups is 1. The molecule has 0 saturated heterocycles. The summed E-state index contributed by atoms with van der Waals surface area (Å²) in [5, 5.41) is 2.87. The third-order valence-corrected chi connectivity index (χ3v) is 3.17. The van der Waals surface area contributed by atoms with Crippen molar-refractivity contribution in [3.63, 3.8) is 0 Å². The summed E-state index contributed by atoms with van der Waals surface area (Å²) >= 11 is 1.51. The van der Waals surface area contributed by atoms with Crippen LogP contribution in [0.3, 0.4) is 0 Å². The first kappa shape index (κ1) is 10.8. The maximum atomic E-state index is 11.7. The van der Waals surface area contributed by atoms with Crippen molar-refractivity contribution in [1.29, 1.82) is 0 Å². The van der Waals surface area contributed by atoms with Crippen LogP contribution < -0.4 is 5.32 Å². The van der Waals surface area contributed by atoms with Crippen molar-refractivity contribution >= 4 is 17.2 Å². The fourth-order valence-electron chi connectivity index (χ4n) is 1.33. The lowest BCUT2D eigenvalue weighted by atomic mass is 10.2. The Morgan fingerprint density at radius 2 is 2.06 bits per heavy atom. The number of pyridine rings is 1. The van der Waals surface area contributed by atoms with Crippen molar-refractivity contribution in [1.82, 2.24) is 10.3 Å². The van der Waals surface area contributed by atoms with E-state index in [1.54, 1.807) is 12.4 Å². The van der Waals surface area contributed by atoms with Gasteiger partial charge in [0, 0.05) is 23.8 Å². The van der Waals surface area contributed by atoms with Crippen LogP contribution in [0.5, 0.6) is 0 Å². The first-order valence-corrected chi connectivity index (χ1v) is 5.81. The SMILES string of the molecule is Cc1ccc(C(=O)NCc2ccncc2)s1. The Balaban J connectivity index is 1.94. The maximum Gasteiger partial charge on any atom is 0.261 e. The molecule has 16 heavy (non-hydrogen) atoms. The molecule has 2 aromatic heterocycles. The summed E-state index contributed by atoms with van der Waals surface area (Å²) in [5.74, 6) is -0.0186. The Bertz CT molecular complexity index is 479. The smallest absolute Gasteiger partial charge is 0.261 e. The van der Waals surface area contributed by atoms with Gasteiger partial charge in [0.1, 0.15) is 0 Å². The Labute approximate surface area is 98.2 Å². The lowest BCUT2D eigenvalue weighted by Gasteiger charge is -2.02. The average molecular weight is 232 g/mol. The van der Waals surface area contributed by atoms with Gasteiger partial charge in [0.05, 0.1) is 4.88 Å². The number of nitrogens with one attached hydrogen (secondary N) is 1. The van der Waals surface area contributed by atoms with Crippen LogP contribution in [0, 0.1) is 6.92 Å². The average Bonchev–Trinajstić information content (AvgIpc) is 2.74. The topological polar surface area (TPSA) is 42.0 Å². The van der Waals surface area contributed by atoms with E-state index >= 15 is 0 Å². The van der Waals surface area contributed by atoms with E-state index in [-0.39, 0.29) is 5.91 Å². The molecule has 0 aromatic carbocycles. The molecule has 0 fully saturated rings. The molecule has 2 heterocycles. The molecule has 1 amide bonds. The van der Waals surface area contributed by atoms with Gasteiger partial charge in [-0.15, -0.1) is 11.3 Å². The molecule has 0 unspecified atom stereocenters. The number of carbonyl (C=O) groups excluding carboxylic acids is 1. The highest BCUT2D eigenvalue weighted by atomic mass is 32.1. The molecule has 4 heteroatoms. The van der Waals surface area contributed by atoms with Gasteiger partial charge in [-0.05, 0) is 36.8 Å². The normalized spacial score (nSPS) is 10.1.